The van der Waals surface area contributed by atoms with Crippen molar-refractivity contribution in [3.05, 3.63) is 21.6 Å². The Morgan fingerprint density at radius 3 is 2.82 bits per heavy atom. The van der Waals surface area contributed by atoms with E-state index in [2.05, 4.69) is 22.7 Å². The number of anilines is 1. The number of halogens is 1. The maximum absolute atomic E-state index is 11.7. The third-order valence-electron chi connectivity index (χ3n) is 2.38. The Balaban J connectivity index is 2.55. The van der Waals surface area contributed by atoms with Crippen LogP contribution in [-0.4, -0.2) is 29.4 Å². The molecule has 0 unspecified atom stereocenters. The van der Waals surface area contributed by atoms with E-state index in [1.54, 1.807) is 6.20 Å². The van der Waals surface area contributed by atoms with Crippen molar-refractivity contribution in [2.24, 2.45) is 0 Å². The van der Waals surface area contributed by atoms with Crippen LogP contribution in [0.4, 0.5) is 5.69 Å². The molecule has 0 aliphatic rings. The Morgan fingerprint density at radius 2 is 2.18 bits per heavy atom. The van der Waals surface area contributed by atoms with Crippen LogP contribution in [0.3, 0.4) is 0 Å². The van der Waals surface area contributed by atoms with Crippen molar-refractivity contribution in [1.29, 1.82) is 0 Å². The number of hydrogen-bond acceptors (Lipinski definition) is 4. The maximum Gasteiger partial charge on any atom is 0.287 e. The zero-order valence-electron chi connectivity index (χ0n) is 10.3. The SMILES string of the molecule is CCNCCCNc1cnn(CC)c(=O)c1Cl. The molecule has 6 heteroatoms. The van der Waals surface area contributed by atoms with Crippen molar-refractivity contribution < 1.29 is 0 Å². The molecule has 0 aromatic carbocycles. The van der Waals surface area contributed by atoms with Crippen LogP contribution >= 0.6 is 11.6 Å². The van der Waals surface area contributed by atoms with Gasteiger partial charge in [0.2, 0.25) is 0 Å². The van der Waals surface area contributed by atoms with E-state index in [0.29, 0.717) is 12.2 Å². The van der Waals surface area contributed by atoms with Crippen LogP contribution in [-0.2, 0) is 6.54 Å². The maximum atomic E-state index is 11.7. The smallest absolute Gasteiger partial charge is 0.287 e. The Bertz CT molecular complexity index is 405. The summed E-state index contributed by atoms with van der Waals surface area (Å²) >= 11 is 5.97. The second kappa shape index (κ2) is 7.29. The summed E-state index contributed by atoms with van der Waals surface area (Å²) in [5.74, 6) is 0. The molecule has 0 saturated carbocycles. The first-order chi connectivity index (χ1) is 8.20. The third-order valence-corrected chi connectivity index (χ3v) is 2.75. The first-order valence-corrected chi connectivity index (χ1v) is 6.28. The zero-order chi connectivity index (χ0) is 12.7. The number of aromatic nitrogens is 2. The van der Waals surface area contributed by atoms with E-state index in [4.69, 9.17) is 11.6 Å². The van der Waals surface area contributed by atoms with Crippen molar-refractivity contribution in [2.75, 3.05) is 25.0 Å². The normalized spacial score (nSPS) is 10.5. The van der Waals surface area contributed by atoms with Gasteiger partial charge in [-0.05, 0) is 26.4 Å². The Hall–Kier alpha value is -1.07. The van der Waals surface area contributed by atoms with E-state index >= 15 is 0 Å². The molecular weight excluding hydrogens is 240 g/mol. The second-order valence-electron chi connectivity index (χ2n) is 3.63. The molecule has 0 aliphatic carbocycles. The Morgan fingerprint density at radius 1 is 1.41 bits per heavy atom. The quantitative estimate of drug-likeness (QED) is 0.725. The lowest BCUT2D eigenvalue weighted by molar-refractivity contribution is 0.616. The predicted molar refractivity (Wildman–Crippen MR) is 70.8 cm³/mol. The Kier molecular flexibility index (Phi) is 6.00. The van der Waals surface area contributed by atoms with Gasteiger partial charge in [0.05, 0.1) is 11.9 Å². The van der Waals surface area contributed by atoms with Gasteiger partial charge in [-0.15, -0.1) is 0 Å². The van der Waals surface area contributed by atoms with Gasteiger partial charge in [0, 0.05) is 13.1 Å². The van der Waals surface area contributed by atoms with Crippen LogP contribution in [0, 0.1) is 0 Å². The van der Waals surface area contributed by atoms with Gasteiger partial charge in [0.25, 0.3) is 5.56 Å². The highest BCUT2D eigenvalue weighted by Crippen LogP contribution is 2.14. The van der Waals surface area contributed by atoms with E-state index in [9.17, 15) is 4.79 Å². The third kappa shape index (κ3) is 4.02. The molecule has 1 heterocycles. The van der Waals surface area contributed by atoms with E-state index in [-0.39, 0.29) is 10.6 Å². The van der Waals surface area contributed by atoms with Gasteiger partial charge in [0.15, 0.2) is 0 Å². The minimum absolute atomic E-state index is 0.213. The molecule has 0 spiro atoms. The van der Waals surface area contributed by atoms with E-state index in [1.807, 2.05) is 6.92 Å². The van der Waals surface area contributed by atoms with E-state index in [0.717, 1.165) is 26.1 Å². The molecule has 0 radical (unpaired) electrons. The average Bonchev–Trinajstić information content (AvgIpc) is 2.34. The van der Waals surface area contributed by atoms with Crippen LogP contribution in [0.25, 0.3) is 0 Å². The van der Waals surface area contributed by atoms with Crippen LogP contribution in [0.2, 0.25) is 5.02 Å². The van der Waals surface area contributed by atoms with Gasteiger partial charge in [-0.1, -0.05) is 18.5 Å². The summed E-state index contributed by atoms with van der Waals surface area (Å²) in [5.41, 5.74) is 0.365. The fourth-order valence-electron chi connectivity index (χ4n) is 1.43. The number of rotatable bonds is 7. The Labute approximate surface area is 106 Å². The highest BCUT2D eigenvalue weighted by atomic mass is 35.5. The lowest BCUT2D eigenvalue weighted by Crippen LogP contribution is -2.24. The topological polar surface area (TPSA) is 59.0 Å². The molecule has 0 aliphatic heterocycles. The van der Waals surface area contributed by atoms with Gasteiger partial charge in [-0.3, -0.25) is 4.79 Å². The molecule has 0 saturated heterocycles. The summed E-state index contributed by atoms with van der Waals surface area (Å²) in [6, 6.07) is 0. The van der Waals surface area contributed by atoms with Gasteiger partial charge < -0.3 is 10.6 Å². The summed E-state index contributed by atoms with van der Waals surface area (Å²) in [6.45, 7) is 7.13. The van der Waals surface area contributed by atoms with Gasteiger partial charge in [-0.2, -0.15) is 5.10 Å². The average molecular weight is 259 g/mol. The molecule has 1 aromatic heterocycles. The summed E-state index contributed by atoms with van der Waals surface area (Å²) < 4.78 is 1.34. The second-order valence-corrected chi connectivity index (χ2v) is 4.00. The summed E-state index contributed by atoms with van der Waals surface area (Å²) in [4.78, 5) is 11.7. The zero-order valence-corrected chi connectivity index (χ0v) is 11.0. The van der Waals surface area contributed by atoms with Crippen molar-refractivity contribution >= 4 is 17.3 Å². The minimum atomic E-state index is -0.245. The fourth-order valence-corrected chi connectivity index (χ4v) is 1.64. The van der Waals surface area contributed by atoms with Crippen LogP contribution in [0.1, 0.15) is 20.3 Å². The van der Waals surface area contributed by atoms with E-state index in [1.165, 1.54) is 4.68 Å². The molecule has 0 amide bonds. The molecule has 0 bridgehead atoms. The summed E-state index contributed by atoms with van der Waals surface area (Å²) in [7, 11) is 0. The largest absolute Gasteiger partial charge is 0.382 e. The lowest BCUT2D eigenvalue weighted by atomic mass is 10.4. The van der Waals surface area contributed by atoms with Crippen molar-refractivity contribution in [2.45, 2.75) is 26.8 Å². The lowest BCUT2D eigenvalue weighted by Gasteiger charge is -2.09. The van der Waals surface area contributed by atoms with Crippen LogP contribution < -0.4 is 16.2 Å². The molecule has 5 nitrogen and oxygen atoms in total. The highest BCUT2D eigenvalue weighted by Gasteiger charge is 2.07. The van der Waals surface area contributed by atoms with Gasteiger partial charge >= 0.3 is 0 Å². The summed E-state index contributed by atoms with van der Waals surface area (Å²) in [6.07, 6.45) is 2.57. The van der Waals surface area contributed by atoms with Crippen LogP contribution in [0.15, 0.2) is 11.0 Å². The number of nitrogens with one attached hydrogen (secondary N) is 2. The number of nitrogens with zero attached hydrogens (tertiary/aromatic N) is 2. The summed E-state index contributed by atoms with van der Waals surface area (Å²) in [5, 5.41) is 10.6. The van der Waals surface area contributed by atoms with E-state index < -0.39 is 0 Å². The van der Waals surface area contributed by atoms with Gasteiger partial charge in [0.1, 0.15) is 5.02 Å². The first kappa shape index (κ1) is 14.0. The standard InChI is InChI=1S/C11H19ClN4O/c1-3-13-6-5-7-14-9-8-15-16(4-2)11(17)10(9)12/h8,13-14H,3-7H2,1-2H3. The number of aryl methyl sites for hydroxylation is 1. The molecule has 0 atom stereocenters. The molecular formula is C11H19ClN4O. The highest BCUT2D eigenvalue weighted by molar-refractivity contribution is 6.32. The van der Waals surface area contributed by atoms with Gasteiger partial charge in [-0.25, -0.2) is 4.68 Å². The first-order valence-electron chi connectivity index (χ1n) is 5.90. The predicted octanol–water partition coefficient (Wildman–Crippen LogP) is 1.33. The van der Waals surface area contributed by atoms with Crippen molar-refractivity contribution in [1.82, 2.24) is 15.1 Å². The molecule has 0 fully saturated rings. The molecule has 1 aromatic rings. The monoisotopic (exact) mass is 258 g/mol. The molecule has 1 rings (SSSR count). The fraction of sp³-hybridized carbons (Fsp3) is 0.636. The van der Waals surface area contributed by atoms with Crippen molar-refractivity contribution in [3.8, 4) is 0 Å². The number of hydrogen-bond donors (Lipinski definition) is 2. The molecule has 96 valence electrons. The molecule has 2 N–H and O–H groups in total. The minimum Gasteiger partial charge on any atom is -0.382 e. The van der Waals surface area contributed by atoms with Crippen molar-refractivity contribution in [3.63, 3.8) is 0 Å². The molecule has 17 heavy (non-hydrogen) atoms. The van der Waals surface area contributed by atoms with Crippen LogP contribution in [0.5, 0.6) is 0 Å².